The lowest BCUT2D eigenvalue weighted by Gasteiger charge is -2.15. The monoisotopic (exact) mass is 304 g/mol. The van der Waals surface area contributed by atoms with Gasteiger partial charge in [-0.1, -0.05) is 42.6 Å². The zero-order valence-corrected chi connectivity index (χ0v) is 13.1. The van der Waals surface area contributed by atoms with Gasteiger partial charge in [-0.05, 0) is 43.9 Å². The minimum atomic E-state index is -0.280. The van der Waals surface area contributed by atoms with E-state index in [1.54, 1.807) is 0 Å². The molecule has 0 aromatic carbocycles. The molecule has 1 unspecified atom stereocenters. The molecular weight excluding hydrogens is 283 g/mol. The molecule has 0 bridgehead atoms. The molecular formula is C15H22Cl2O2. The normalized spacial score (nSPS) is 18.0. The highest BCUT2D eigenvalue weighted by atomic mass is 35.5. The second kappa shape index (κ2) is 9.60. The van der Waals surface area contributed by atoms with Crippen molar-refractivity contribution in [3.63, 3.8) is 0 Å². The van der Waals surface area contributed by atoms with Crippen LogP contribution in [0.2, 0.25) is 0 Å². The van der Waals surface area contributed by atoms with E-state index < -0.39 is 0 Å². The van der Waals surface area contributed by atoms with E-state index in [1.165, 1.54) is 0 Å². The summed E-state index contributed by atoms with van der Waals surface area (Å²) in [6.07, 6.45) is 9.44. The summed E-state index contributed by atoms with van der Waals surface area (Å²) in [4.78, 5) is 0. The molecule has 4 heteroatoms. The summed E-state index contributed by atoms with van der Waals surface area (Å²) in [5, 5.41) is 1.37. The van der Waals surface area contributed by atoms with Crippen molar-refractivity contribution < 1.29 is 9.47 Å². The second-order valence-electron chi connectivity index (χ2n) is 4.38. The fourth-order valence-electron chi connectivity index (χ4n) is 1.69. The minimum absolute atomic E-state index is 0.280. The van der Waals surface area contributed by atoms with E-state index in [9.17, 15) is 0 Å². The maximum absolute atomic E-state index is 6.02. The Bertz CT molecular complexity index is 359. The Hall–Kier alpha value is -0.280. The average molecular weight is 305 g/mol. The fraction of sp³-hybridized carbons (Fsp3) is 0.600. The largest absolute Gasteiger partial charge is 0.349 e. The molecule has 0 amide bonds. The number of ether oxygens (including phenoxy) is 2. The van der Waals surface area contributed by atoms with Crippen molar-refractivity contribution in [1.82, 2.24) is 0 Å². The molecule has 1 aliphatic carbocycles. The average Bonchev–Trinajstić information content (AvgIpc) is 2.40. The third-order valence-corrected chi connectivity index (χ3v) is 3.61. The van der Waals surface area contributed by atoms with Crippen LogP contribution in [-0.2, 0) is 9.47 Å². The zero-order valence-electron chi connectivity index (χ0n) is 11.6. The zero-order chi connectivity index (χ0) is 14.1. The molecule has 0 radical (unpaired) electrons. The number of rotatable bonds is 8. The van der Waals surface area contributed by atoms with Gasteiger partial charge in [0.25, 0.3) is 0 Å². The molecule has 0 aromatic heterocycles. The quantitative estimate of drug-likeness (QED) is 0.457. The lowest BCUT2D eigenvalue weighted by Crippen LogP contribution is -2.15. The summed E-state index contributed by atoms with van der Waals surface area (Å²) in [7, 11) is 0. The third-order valence-electron chi connectivity index (χ3n) is 2.78. The van der Waals surface area contributed by atoms with Gasteiger partial charge in [0.2, 0.25) is 0 Å². The summed E-state index contributed by atoms with van der Waals surface area (Å²) in [5.41, 5.74) is 1.15. The molecule has 0 aliphatic heterocycles. The molecule has 0 heterocycles. The molecule has 1 rings (SSSR count). The van der Waals surface area contributed by atoms with Crippen molar-refractivity contribution in [3.8, 4) is 0 Å². The van der Waals surface area contributed by atoms with Gasteiger partial charge < -0.3 is 9.47 Å². The van der Waals surface area contributed by atoms with Gasteiger partial charge in [0.1, 0.15) is 0 Å². The van der Waals surface area contributed by atoms with Crippen LogP contribution in [0.4, 0.5) is 0 Å². The molecule has 0 aromatic rings. The van der Waals surface area contributed by atoms with E-state index in [0.29, 0.717) is 11.6 Å². The van der Waals surface area contributed by atoms with Crippen LogP contribution in [0.1, 0.15) is 39.5 Å². The highest BCUT2D eigenvalue weighted by molar-refractivity contribution is 6.40. The van der Waals surface area contributed by atoms with Crippen molar-refractivity contribution in [2.75, 3.05) is 13.2 Å². The second-order valence-corrected chi connectivity index (χ2v) is 5.24. The van der Waals surface area contributed by atoms with Crippen molar-refractivity contribution in [1.29, 1.82) is 0 Å². The van der Waals surface area contributed by atoms with Crippen molar-refractivity contribution in [2.24, 2.45) is 0 Å². The molecule has 0 saturated heterocycles. The van der Waals surface area contributed by atoms with Gasteiger partial charge in [-0.15, -0.1) is 0 Å². The smallest absolute Gasteiger partial charge is 0.177 e. The van der Waals surface area contributed by atoms with Gasteiger partial charge >= 0.3 is 0 Å². The molecule has 0 spiro atoms. The fourth-order valence-corrected chi connectivity index (χ4v) is 2.07. The Labute approximate surface area is 126 Å². The Balaban J connectivity index is 2.53. The standard InChI is InChI=1S/C15H22Cl2O2/c1-3-5-10-19-15(18-4-2)9-7-12-6-8-13(16)14(17)11-12/h7,9,11,15H,3-6,8,10H2,1-2H3/b9-7+. The van der Waals surface area contributed by atoms with E-state index in [0.717, 1.165) is 42.9 Å². The molecule has 2 nitrogen and oxygen atoms in total. The summed E-state index contributed by atoms with van der Waals surface area (Å²) >= 11 is 12.0. The first-order chi connectivity index (χ1) is 9.17. The van der Waals surface area contributed by atoms with Crippen LogP contribution in [0.5, 0.6) is 0 Å². The van der Waals surface area contributed by atoms with Gasteiger partial charge in [0.05, 0.1) is 11.6 Å². The first-order valence-corrected chi connectivity index (χ1v) is 7.59. The maximum atomic E-state index is 6.02. The number of hydrogen-bond acceptors (Lipinski definition) is 2. The van der Waals surface area contributed by atoms with E-state index in [2.05, 4.69) is 6.92 Å². The Morgan fingerprint density at radius 1 is 1.26 bits per heavy atom. The van der Waals surface area contributed by atoms with Crippen LogP contribution in [-0.4, -0.2) is 19.5 Å². The van der Waals surface area contributed by atoms with Crippen LogP contribution >= 0.6 is 23.2 Å². The molecule has 1 aliphatic rings. The van der Waals surface area contributed by atoms with Crippen LogP contribution in [0.25, 0.3) is 0 Å². The van der Waals surface area contributed by atoms with Crippen molar-refractivity contribution in [3.05, 3.63) is 33.9 Å². The summed E-state index contributed by atoms with van der Waals surface area (Å²) in [5.74, 6) is 0. The molecule has 0 N–H and O–H groups in total. The lowest BCUT2D eigenvalue weighted by molar-refractivity contribution is -0.108. The summed E-state index contributed by atoms with van der Waals surface area (Å²) < 4.78 is 11.2. The highest BCUT2D eigenvalue weighted by Gasteiger charge is 2.09. The maximum Gasteiger partial charge on any atom is 0.177 e. The summed E-state index contributed by atoms with van der Waals surface area (Å²) in [6.45, 7) is 5.45. The van der Waals surface area contributed by atoms with Crippen LogP contribution in [0.3, 0.4) is 0 Å². The van der Waals surface area contributed by atoms with E-state index in [4.69, 9.17) is 32.7 Å². The molecule has 108 valence electrons. The Morgan fingerprint density at radius 3 is 2.68 bits per heavy atom. The first kappa shape index (κ1) is 16.8. The van der Waals surface area contributed by atoms with Crippen molar-refractivity contribution >= 4 is 23.2 Å². The lowest BCUT2D eigenvalue weighted by atomic mass is 10.0. The molecule has 0 fully saturated rings. The van der Waals surface area contributed by atoms with Gasteiger partial charge in [-0.2, -0.15) is 0 Å². The first-order valence-electron chi connectivity index (χ1n) is 6.83. The highest BCUT2D eigenvalue weighted by Crippen LogP contribution is 2.29. The van der Waals surface area contributed by atoms with Gasteiger partial charge in [0.15, 0.2) is 6.29 Å². The molecule has 19 heavy (non-hydrogen) atoms. The van der Waals surface area contributed by atoms with Crippen molar-refractivity contribution in [2.45, 2.75) is 45.8 Å². The number of allylic oxidation sites excluding steroid dienone is 5. The van der Waals surface area contributed by atoms with Crippen LogP contribution in [0, 0.1) is 0 Å². The van der Waals surface area contributed by atoms with Gasteiger partial charge in [0, 0.05) is 11.6 Å². The number of hydrogen-bond donors (Lipinski definition) is 0. The van der Waals surface area contributed by atoms with E-state index >= 15 is 0 Å². The third kappa shape index (κ3) is 6.62. The Morgan fingerprint density at radius 2 is 2.05 bits per heavy atom. The van der Waals surface area contributed by atoms with E-state index in [-0.39, 0.29) is 6.29 Å². The van der Waals surface area contributed by atoms with E-state index in [1.807, 2.05) is 25.2 Å². The predicted molar refractivity (Wildman–Crippen MR) is 81.5 cm³/mol. The van der Waals surface area contributed by atoms with Crippen LogP contribution in [0.15, 0.2) is 33.9 Å². The molecule has 1 atom stereocenters. The number of unbranched alkanes of at least 4 members (excludes halogenated alkanes) is 1. The van der Waals surface area contributed by atoms with Crippen LogP contribution < -0.4 is 0 Å². The Kier molecular flexibility index (Phi) is 8.47. The van der Waals surface area contributed by atoms with Gasteiger partial charge in [-0.3, -0.25) is 0 Å². The number of halogens is 2. The van der Waals surface area contributed by atoms with Gasteiger partial charge in [-0.25, -0.2) is 0 Å². The minimum Gasteiger partial charge on any atom is -0.349 e. The topological polar surface area (TPSA) is 18.5 Å². The predicted octanol–water partition coefficient (Wildman–Crippen LogP) is 5.13. The SMILES string of the molecule is CCCCOC(/C=C/C1=CC(Cl)=C(Cl)CC1)OCC. The molecule has 0 saturated carbocycles. The summed E-state index contributed by atoms with van der Waals surface area (Å²) in [6, 6.07) is 0.